The van der Waals surface area contributed by atoms with Gasteiger partial charge in [0.05, 0.1) is 5.25 Å². The third kappa shape index (κ3) is 5.85. The topological polar surface area (TPSA) is 72.2 Å². The van der Waals surface area contributed by atoms with E-state index in [0.29, 0.717) is 19.4 Å². The SMILES string of the molecule is CC(C)C(S)C(=O)NCCCC(N)=O. The number of nitrogens with two attached hydrogens (primary N) is 1. The van der Waals surface area contributed by atoms with Crippen molar-refractivity contribution in [3.8, 4) is 0 Å². The van der Waals surface area contributed by atoms with E-state index in [1.165, 1.54) is 0 Å². The second kappa shape index (κ2) is 6.70. The van der Waals surface area contributed by atoms with Crippen molar-refractivity contribution in [3.63, 3.8) is 0 Å². The van der Waals surface area contributed by atoms with Crippen molar-refractivity contribution in [2.75, 3.05) is 6.54 Å². The maximum atomic E-state index is 11.3. The minimum Gasteiger partial charge on any atom is -0.370 e. The van der Waals surface area contributed by atoms with Crippen LogP contribution >= 0.6 is 12.6 Å². The summed E-state index contributed by atoms with van der Waals surface area (Å²) in [6.07, 6.45) is 0.888. The summed E-state index contributed by atoms with van der Waals surface area (Å²) < 4.78 is 0. The van der Waals surface area contributed by atoms with Gasteiger partial charge in [-0.3, -0.25) is 9.59 Å². The largest absolute Gasteiger partial charge is 0.370 e. The van der Waals surface area contributed by atoms with Crippen molar-refractivity contribution >= 4 is 24.4 Å². The van der Waals surface area contributed by atoms with Crippen LogP contribution in [-0.2, 0) is 9.59 Å². The molecule has 0 aromatic rings. The van der Waals surface area contributed by atoms with Crippen LogP contribution in [0.5, 0.6) is 0 Å². The third-order valence-electron chi connectivity index (χ3n) is 1.80. The number of thiol groups is 1. The summed E-state index contributed by atoms with van der Waals surface area (Å²) in [6, 6.07) is 0. The molecule has 14 heavy (non-hydrogen) atoms. The highest BCUT2D eigenvalue weighted by molar-refractivity contribution is 7.81. The van der Waals surface area contributed by atoms with E-state index >= 15 is 0 Å². The Morgan fingerprint density at radius 1 is 1.43 bits per heavy atom. The molecule has 0 saturated carbocycles. The lowest BCUT2D eigenvalue weighted by atomic mass is 10.1. The molecule has 0 bridgehead atoms. The normalized spacial score (nSPS) is 12.6. The van der Waals surface area contributed by atoms with Gasteiger partial charge in [-0.05, 0) is 12.3 Å². The number of amides is 2. The average molecular weight is 218 g/mol. The van der Waals surface area contributed by atoms with E-state index < -0.39 is 0 Å². The Balaban J connectivity index is 3.59. The first-order valence-corrected chi connectivity index (χ1v) is 5.21. The zero-order valence-electron chi connectivity index (χ0n) is 8.62. The zero-order valence-corrected chi connectivity index (χ0v) is 9.51. The molecule has 0 aliphatic heterocycles. The van der Waals surface area contributed by atoms with Gasteiger partial charge in [0.15, 0.2) is 0 Å². The fourth-order valence-electron chi connectivity index (χ4n) is 0.882. The second-order valence-corrected chi connectivity index (χ2v) is 4.11. The van der Waals surface area contributed by atoms with Crippen LogP contribution in [-0.4, -0.2) is 23.6 Å². The molecule has 1 unspecified atom stereocenters. The molecule has 3 N–H and O–H groups in total. The van der Waals surface area contributed by atoms with Gasteiger partial charge in [0.2, 0.25) is 11.8 Å². The standard InChI is InChI=1S/C9H18N2O2S/c1-6(2)8(14)9(13)11-5-3-4-7(10)12/h6,8,14H,3-5H2,1-2H3,(H2,10,12)(H,11,13). The van der Waals surface area contributed by atoms with Gasteiger partial charge in [-0.25, -0.2) is 0 Å². The van der Waals surface area contributed by atoms with Crippen molar-refractivity contribution in [2.24, 2.45) is 11.7 Å². The van der Waals surface area contributed by atoms with E-state index in [0.717, 1.165) is 0 Å². The number of rotatable bonds is 6. The maximum Gasteiger partial charge on any atom is 0.233 e. The molecule has 0 saturated heterocycles. The predicted molar refractivity (Wildman–Crippen MR) is 59.1 cm³/mol. The zero-order chi connectivity index (χ0) is 11.1. The van der Waals surface area contributed by atoms with Crippen LogP contribution < -0.4 is 11.1 Å². The monoisotopic (exact) mass is 218 g/mol. The molecule has 0 rings (SSSR count). The van der Waals surface area contributed by atoms with Gasteiger partial charge in [-0.2, -0.15) is 12.6 Å². The first kappa shape index (κ1) is 13.3. The summed E-state index contributed by atoms with van der Waals surface area (Å²) in [5.41, 5.74) is 4.95. The van der Waals surface area contributed by atoms with Crippen molar-refractivity contribution in [1.29, 1.82) is 0 Å². The second-order valence-electron chi connectivity index (χ2n) is 3.55. The highest BCUT2D eigenvalue weighted by Crippen LogP contribution is 2.08. The molecule has 0 heterocycles. The van der Waals surface area contributed by atoms with Crippen LogP contribution in [0.3, 0.4) is 0 Å². The van der Waals surface area contributed by atoms with E-state index in [1.54, 1.807) is 0 Å². The van der Waals surface area contributed by atoms with Crippen molar-refractivity contribution in [2.45, 2.75) is 31.9 Å². The number of carbonyl (C=O) groups excluding carboxylic acids is 2. The third-order valence-corrected chi connectivity index (χ3v) is 2.63. The van der Waals surface area contributed by atoms with E-state index in [1.807, 2.05) is 13.8 Å². The van der Waals surface area contributed by atoms with Crippen LogP contribution in [0.4, 0.5) is 0 Å². The predicted octanol–water partition coefficient (Wildman–Crippen LogP) is 0.322. The van der Waals surface area contributed by atoms with E-state index in [-0.39, 0.29) is 23.0 Å². The Morgan fingerprint density at radius 2 is 2.00 bits per heavy atom. The molecular formula is C9H18N2O2S. The molecule has 4 nitrogen and oxygen atoms in total. The summed E-state index contributed by atoms with van der Waals surface area (Å²) in [5.74, 6) is -0.229. The first-order chi connectivity index (χ1) is 6.45. The van der Waals surface area contributed by atoms with Crippen molar-refractivity contribution in [1.82, 2.24) is 5.32 Å². The molecule has 0 aromatic carbocycles. The van der Waals surface area contributed by atoms with Gasteiger partial charge < -0.3 is 11.1 Å². The van der Waals surface area contributed by atoms with E-state index in [2.05, 4.69) is 17.9 Å². The number of carbonyl (C=O) groups is 2. The number of nitrogens with one attached hydrogen (secondary N) is 1. The molecule has 0 fully saturated rings. The summed E-state index contributed by atoms with van der Waals surface area (Å²) in [6.45, 7) is 4.34. The lowest BCUT2D eigenvalue weighted by Gasteiger charge is -2.14. The fraction of sp³-hybridized carbons (Fsp3) is 0.778. The molecule has 5 heteroatoms. The van der Waals surface area contributed by atoms with Gasteiger partial charge in [-0.1, -0.05) is 13.8 Å². The molecule has 2 amide bonds. The Morgan fingerprint density at radius 3 is 2.43 bits per heavy atom. The quantitative estimate of drug-likeness (QED) is 0.444. The molecular weight excluding hydrogens is 200 g/mol. The number of hydrogen-bond acceptors (Lipinski definition) is 3. The number of primary amides is 1. The summed E-state index contributed by atoms with van der Waals surface area (Å²) in [7, 11) is 0. The minimum atomic E-state index is -0.342. The molecule has 0 aliphatic rings. The maximum absolute atomic E-state index is 11.3. The van der Waals surface area contributed by atoms with Crippen molar-refractivity contribution < 1.29 is 9.59 Å². The minimum absolute atomic E-state index is 0.0900. The molecule has 0 radical (unpaired) electrons. The van der Waals surface area contributed by atoms with Gasteiger partial charge in [0.25, 0.3) is 0 Å². The van der Waals surface area contributed by atoms with E-state index in [4.69, 9.17) is 5.73 Å². The Labute approximate surface area is 90.0 Å². The Bertz CT molecular complexity index is 207. The van der Waals surface area contributed by atoms with E-state index in [9.17, 15) is 9.59 Å². The van der Waals surface area contributed by atoms with Crippen LogP contribution in [0, 0.1) is 5.92 Å². The Hall–Kier alpha value is -0.710. The van der Waals surface area contributed by atoms with Gasteiger partial charge in [0, 0.05) is 13.0 Å². The lowest BCUT2D eigenvalue weighted by Crippen LogP contribution is -2.35. The molecule has 82 valence electrons. The van der Waals surface area contributed by atoms with Crippen LogP contribution in [0.2, 0.25) is 0 Å². The first-order valence-electron chi connectivity index (χ1n) is 4.69. The highest BCUT2D eigenvalue weighted by atomic mass is 32.1. The summed E-state index contributed by atoms with van der Waals surface area (Å²) in [5, 5.41) is 2.41. The molecule has 0 spiro atoms. The van der Waals surface area contributed by atoms with Gasteiger partial charge in [0.1, 0.15) is 0 Å². The Kier molecular flexibility index (Phi) is 6.36. The lowest BCUT2D eigenvalue weighted by molar-refractivity contribution is -0.122. The highest BCUT2D eigenvalue weighted by Gasteiger charge is 2.16. The number of hydrogen-bond donors (Lipinski definition) is 3. The molecule has 0 aromatic heterocycles. The summed E-state index contributed by atoms with van der Waals surface area (Å²) >= 11 is 4.16. The van der Waals surface area contributed by atoms with Gasteiger partial charge in [-0.15, -0.1) is 0 Å². The van der Waals surface area contributed by atoms with Crippen LogP contribution in [0.1, 0.15) is 26.7 Å². The summed E-state index contributed by atoms with van der Waals surface area (Å²) in [4.78, 5) is 21.7. The van der Waals surface area contributed by atoms with Crippen LogP contribution in [0.15, 0.2) is 0 Å². The van der Waals surface area contributed by atoms with Crippen molar-refractivity contribution in [3.05, 3.63) is 0 Å². The van der Waals surface area contributed by atoms with Gasteiger partial charge >= 0.3 is 0 Å². The average Bonchev–Trinajstić information content (AvgIpc) is 2.10. The molecule has 1 atom stereocenters. The fourth-order valence-corrected chi connectivity index (χ4v) is 0.973. The smallest absolute Gasteiger partial charge is 0.233 e. The molecule has 0 aliphatic carbocycles. The van der Waals surface area contributed by atoms with Crippen LogP contribution in [0.25, 0.3) is 0 Å².